The van der Waals surface area contributed by atoms with Gasteiger partial charge in [0.1, 0.15) is 12.4 Å². The van der Waals surface area contributed by atoms with E-state index in [0.29, 0.717) is 12.4 Å². The number of hydrogen-bond acceptors (Lipinski definition) is 3. The molecule has 1 aliphatic rings. The fraction of sp³-hybridized carbons (Fsp3) is 0.607. The molecule has 3 rings (SSSR count). The van der Waals surface area contributed by atoms with Gasteiger partial charge < -0.3 is 15.5 Å². The number of amides is 3. The Morgan fingerprint density at radius 1 is 1.11 bits per heavy atom. The number of aryl methyl sites for hydroxylation is 2. The van der Waals surface area contributed by atoms with Crippen molar-refractivity contribution in [2.45, 2.75) is 97.9 Å². The van der Waals surface area contributed by atoms with Crippen molar-refractivity contribution in [1.29, 1.82) is 0 Å². The van der Waals surface area contributed by atoms with Crippen LogP contribution in [0.2, 0.25) is 0 Å². The topological polar surface area (TPSA) is 79.3 Å². The summed E-state index contributed by atoms with van der Waals surface area (Å²) in [5.41, 5.74) is 3.91. The summed E-state index contributed by atoms with van der Waals surface area (Å²) < 4.78 is 1.81. The number of carbonyl (C=O) groups is 2. The average molecular weight is 482 g/mol. The summed E-state index contributed by atoms with van der Waals surface area (Å²) in [6.07, 6.45) is 7.40. The van der Waals surface area contributed by atoms with Gasteiger partial charge in [0.15, 0.2) is 0 Å². The number of anilines is 1. The molecule has 0 saturated heterocycles. The monoisotopic (exact) mass is 481 g/mol. The van der Waals surface area contributed by atoms with Crippen molar-refractivity contribution in [3.8, 4) is 5.69 Å². The van der Waals surface area contributed by atoms with E-state index in [-0.39, 0.29) is 29.9 Å². The number of benzene rings is 1. The van der Waals surface area contributed by atoms with E-state index in [2.05, 4.69) is 64.3 Å². The number of nitrogens with zero attached hydrogens (tertiary/aromatic N) is 3. The van der Waals surface area contributed by atoms with Crippen molar-refractivity contribution in [2.75, 3.05) is 18.4 Å². The van der Waals surface area contributed by atoms with Crippen LogP contribution in [0.3, 0.4) is 0 Å². The van der Waals surface area contributed by atoms with Crippen molar-refractivity contribution >= 4 is 17.8 Å². The maximum atomic E-state index is 13.2. The molecular formula is C28H43N5O2. The number of carbonyl (C=O) groups excluding carboxylic acids is 2. The number of hydrogen-bond donors (Lipinski definition) is 2. The van der Waals surface area contributed by atoms with Crippen molar-refractivity contribution in [2.24, 2.45) is 0 Å². The molecule has 0 unspecified atom stereocenters. The first-order valence-corrected chi connectivity index (χ1v) is 13.1. The zero-order chi connectivity index (χ0) is 25.6. The first-order valence-electron chi connectivity index (χ1n) is 13.1. The van der Waals surface area contributed by atoms with Gasteiger partial charge >= 0.3 is 6.03 Å². The van der Waals surface area contributed by atoms with Crippen LogP contribution >= 0.6 is 0 Å². The van der Waals surface area contributed by atoms with Crippen LogP contribution in [0.15, 0.2) is 24.3 Å². The highest BCUT2D eigenvalue weighted by Gasteiger charge is 2.24. The van der Waals surface area contributed by atoms with Crippen LogP contribution in [0.25, 0.3) is 5.69 Å². The van der Waals surface area contributed by atoms with E-state index < -0.39 is 0 Å². The van der Waals surface area contributed by atoms with Gasteiger partial charge in [0.05, 0.1) is 11.4 Å². The highest BCUT2D eigenvalue weighted by molar-refractivity contribution is 5.94. The predicted octanol–water partition coefficient (Wildman–Crippen LogP) is 5.87. The Labute approximate surface area is 210 Å². The molecule has 0 radical (unpaired) electrons. The standard InChI is InChI=1S/C28H43N5O2/c1-7-8-16-32(27(35)29-22-12-10-9-11-13-22)19-26(34)30-25-18-24(28(4,5)6)31-33(25)23-15-14-20(2)17-21(23)3/h14-15,17-18,22H,7-13,16,19H2,1-6H3,(H,29,35)(H,30,34). The molecule has 0 atom stereocenters. The van der Waals surface area contributed by atoms with Gasteiger partial charge in [-0.1, -0.05) is 71.1 Å². The number of urea groups is 1. The lowest BCUT2D eigenvalue weighted by Crippen LogP contribution is -2.48. The lowest BCUT2D eigenvalue weighted by Gasteiger charge is -2.28. The minimum Gasteiger partial charge on any atom is -0.335 e. The van der Waals surface area contributed by atoms with E-state index in [9.17, 15) is 9.59 Å². The summed E-state index contributed by atoms with van der Waals surface area (Å²) in [6.45, 7) is 13.1. The molecule has 0 aliphatic heterocycles. The normalized spacial score (nSPS) is 14.6. The Balaban J connectivity index is 1.79. The number of nitrogens with one attached hydrogen (secondary N) is 2. The zero-order valence-electron chi connectivity index (χ0n) is 22.4. The summed E-state index contributed by atoms with van der Waals surface area (Å²) in [5.74, 6) is 0.404. The highest BCUT2D eigenvalue weighted by atomic mass is 16.2. The molecule has 7 nitrogen and oxygen atoms in total. The van der Waals surface area contributed by atoms with Crippen LogP contribution in [-0.4, -0.2) is 45.8 Å². The molecule has 2 N–H and O–H groups in total. The number of rotatable bonds is 8. The van der Waals surface area contributed by atoms with Gasteiger partial charge in [0, 0.05) is 24.1 Å². The molecule has 192 valence electrons. The third kappa shape index (κ3) is 7.33. The van der Waals surface area contributed by atoms with Crippen LogP contribution < -0.4 is 10.6 Å². The fourth-order valence-electron chi connectivity index (χ4n) is 4.53. The Bertz CT molecular complexity index is 1010. The molecule has 3 amide bonds. The smallest absolute Gasteiger partial charge is 0.318 e. The van der Waals surface area contributed by atoms with Gasteiger partial charge in [-0.25, -0.2) is 9.48 Å². The lowest BCUT2D eigenvalue weighted by atomic mass is 9.92. The Kier molecular flexibility index (Phi) is 8.98. The van der Waals surface area contributed by atoms with E-state index in [0.717, 1.165) is 55.5 Å². The minimum atomic E-state index is -0.216. The van der Waals surface area contributed by atoms with Crippen LogP contribution in [0.1, 0.15) is 89.5 Å². The maximum absolute atomic E-state index is 13.2. The molecule has 2 aromatic rings. The zero-order valence-corrected chi connectivity index (χ0v) is 22.4. The average Bonchev–Trinajstić information content (AvgIpc) is 3.21. The van der Waals surface area contributed by atoms with Gasteiger partial charge in [0.25, 0.3) is 0 Å². The molecule has 1 aliphatic carbocycles. The lowest BCUT2D eigenvalue weighted by molar-refractivity contribution is -0.116. The Hall–Kier alpha value is -2.83. The van der Waals surface area contributed by atoms with E-state index in [1.54, 1.807) is 4.90 Å². The van der Waals surface area contributed by atoms with Crippen molar-refractivity contribution in [3.63, 3.8) is 0 Å². The maximum Gasteiger partial charge on any atom is 0.318 e. The summed E-state index contributed by atoms with van der Waals surface area (Å²) in [6, 6.07) is 8.21. The Morgan fingerprint density at radius 2 is 1.83 bits per heavy atom. The van der Waals surface area contributed by atoms with E-state index >= 15 is 0 Å². The van der Waals surface area contributed by atoms with Gasteiger partial charge in [-0.2, -0.15) is 5.10 Å². The third-order valence-corrected chi connectivity index (χ3v) is 6.66. The van der Waals surface area contributed by atoms with Gasteiger partial charge in [0.2, 0.25) is 5.91 Å². The molecule has 1 fully saturated rings. The first kappa shape index (κ1) is 26.8. The van der Waals surface area contributed by atoms with Crippen molar-refractivity contribution in [1.82, 2.24) is 20.0 Å². The second-order valence-corrected chi connectivity index (χ2v) is 11.0. The summed E-state index contributed by atoms with van der Waals surface area (Å²) in [5, 5.41) is 11.1. The van der Waals surface area contributed by atoms with E-state index in [1.165, 1.54) is 12.0 Å². The van der Waals surface area contributed by atoms with E-state index in [4.69, 9.17) is 5.10 Å². The summed E-state index contributed by atoms with van der Waals surface area (Å²) >= 11 is 0. The van der Waals surface area contributed by atoms with Crippen molar-refractivity contribution in [3.05, 3.63) is 41.1 Å². The Morgan fingerprint density at radius 3 is 2.46 bits per heavy atom. The number of aromatic nitrogens is 2. The minimum absolute atomic E-state index is 0.0153. The second kappa shape index (κ2) is 11.7. The largest absolute Gasteiger partial charge is 0.335 e. The summed E-state index contributed by atoms with van der Waals surface area (Å²) in [4.78, 5) is 27.9. The van der Waals surface area contributed by atoms with Gasteiger partial charge in [-0.15, -0.1) is 0 Å². The second-order valence-electron chi connectivity index (χ2n) is 11.0. The van der Waals surface area contributed by atoms with Crippen LogP contribution in [0, 0.1) is 13.8 Å². The molecular weight excluding hydrogens is 438 g/mol. The van der Waals surface area contributed by atoms with Crippen LogP contribution in [0.5, 0.6) is 0 Å². The molecule has 0 spiro atoms. The molecule has 1 aromatic heterocycles. The molecule has 7 heteroatoms. The molecule has 1 heterocycles. The first-order chi connectivity index (χ1) is 16.6. The van der Waals surface area contributed by atoms with Crippen LogP contribution in [-0.2, 0) is 10.2 Å². The predicted molar refractivity (Wildman–Crippen MR) is 142 cm³/mol. The van der Waals surface area contributed by atoms with E-state index in [1.807, 2.05) is 16.8 Å². The van der Waals surface area contributed by atoms with Crippen LogP contribution in [0.4, 0.5) is 10.6 Å². The molecule has 0 bridgehead atoms. The summed E-state index contributed by atoms with van der Waals surface area (Å²) in [7, 11) is 0. The molecule has 1 saturated carbocycles. The van der Waals surface area contributed by atoms with Gasteiger partial charge in [-0.3, -0.25) is 4.79 Å². The highest BCUT2D eigenvalue weighted by Crippen LogP contribution is 2.28. The molecule has 35 heavy (non-hydrogen) atoms. The molecule has 1 aromatic carbocycles. The third-order valence-electron chi connectivity index (χ3n) is 6.66. The number of unbranched alkanes of at least 4 members (excludes halogenated alkanes) is 1. The SMILES string of the molecule is CCCCN(CC(=O)Nc1cc(C(C)(C)C)nn1-c1ccc(C)cc1C)C(=O)NC1CCCCC1. The quantitative estimate of drug-likeness (QED) is 0.495. The fourth-order valence-corrected chi connectivity index (χ4v) is 4.53. The van der Waals surface area contributed by atoms with Crippen molar-refractivity contribution < 1.29 is 9.59 Å². The van der Waals surface area contributed by atoms with Gasteiger partial charge in [-0.05, 0) is 44.7 Å².